The summed E-state index contributed by atoms with van der Waals surface area (Å²) in [5.41, 5.74) is 4.93. The molecular weight excluding hydrogens is 386 g/mol. The Morgan fingerprint density at radius 2 is 2.10 bits per heavy atom. The van der Waals surface area contributed by atoms with E-state index in [1.807, 2.05) is 54.4 Å². The molecule has 158 valence electrons. The molecule has 0 spiro atoms. The van der Waals surface area contributed by atoms with Crippen LogP contribution in [0.25, 0.3) is 0 Å². The molecule has 3 aromatic rings. The van der Waals surface area contributed by atoms with Gasteiger partial charge in [0.1, 0.15) is 0 Å². The van der Waals surface area contributed by atoms with E-state index in [1.54, 1.807) is 6.33 Å². The predicted octanol–water partition coefficient (Wildman–Crippen LogP) is 4.04. The lowest BCUT2D eigenvalue weighted by atomic mass is 10.0. The van der Waals surface area contributed by atoms with Crippen molar-refractivity contribution in [3.63, 3.8) is 0 Å². The molecular formula is C25H27N5O. The third-order valence-electron chi connectivity index (χ3n) is 5.78. The summed E-state index contributed by atoms with van der Waals surface area (Å²) in [6.45, 7) is 3.93. The molecule has 2 aromatic carbocycles. The molecule has 0 aliphatic carbocycles. The highest BCUT2D eigenvalue weighted by Crippen LogP contribution is 2.31. The molecule has 0 radical (unpaired) electrons. The summed E-state index contributed by atoms with van der Waals surface area (Å²) in [6.07, 6.45) is 5.65. The van der Waals surface area contributed by atoms with E-state index in [0.29, 0.717) is 31.6 Å². The molecule has 1 aliphatic heterocycles. The van der Waals surface area contributed by atoms with Gasteiger partial charge in [0.2, 0.25) is 5.91 Å². The number of benzene rings is 2. The van der Waals surface area contributed by atoms with Crippen LogP contribution in [-0.2, 0) is 24.3 Å². The third-order valence-corrected chi connectivity index (χ3v) is 5.78. The number of fused-ring (bicyclic) bond motifs is 1. The Hall–Kier alpha value is -3.59. The van der Waals surface area contributed by atoms with E-state index in [9.17, 15) is 10.1 Å². The van der Waals surface area contributed by atoms with Crippen LogP contribution in [0.1, 0.15) is 42.1 Å². The number of aromatic amines is 1. The van der Waals surface area contributed by atoms with E-state index in [-0.39, 0.29) is 11.9 Å². The van der Waals surface area contributed by atoms with Crippen LogP contribution in [0.4, 0.5) is 5.69 Å². The van der Waals surface area contributed by atoms with E-state index in [4.69, 9.17) is 0 Å². The minimum absolute atomic E-state index is 0.0299. The van der Waals surface area contributed by atoms with Crippen LogP contribution in [0.15, 0.2) is 61.1 Å². The first-order valence-electron chi connectivity index (χ1n) is 10.8. The minimum Gasteiger partial charge on any atom is -0.363 e. The van der Waals surface area contributed by atoms with Crippen molar-refractivity contribution in [3.8, 4) is 6.07 Å². The number of carbonyl (C=O) groups is 1. The zero-order valence-corrected chi connectivity index (χ0v) is 17.8. The van der Waals surface area contributed by atoms with Gasteiger partial charge in [0.05, 0.1) is 36.2 Å². The summed E-state index contributed by atoms with van der Waals surface area (Å²) < 4.78 is 0. The van der Waals surface area contributed by atoms with Crippen LogP contribution in [0, 0.1) is 11.3 Å². The number of rotatable bonds is 6. The van der Waals surface area contributed by atoms with Gasteiger partial charge in [0.15, 0.2) is 0 Å². The second-order valence-corrected chi connectivity index (χ2v) is 8.03. The van der Waals surface area contributed by atoms with E-state index in [1.165, 1.54) is 5.56 Å². The molecule has 2 heterocycles. The highest BCUT2D eigenvalue weighted by Gasteiger charge is 2.31. The Bertz CT molecular complexity index is 1060. The van der Waals surface area contributed by atoms with Gasteiger partial charge in [-0.05, 0) is 42.2 Å². The maximum absolute atomic E-state index is 13.2. The average molecular weight is 414 g/mol. The van der Waals surface area contributed by atoms with Gasteiger partial charge < -0.3 is 14.8 Å². The van der Waals surface area contributed by atoms with Crippen LogP contribution >= 0.6 is 0 Å². The number of nitrogens with zero attached hydrogens (tertiary/aromatic N) is 4. The summed E-state index contributed by atoms with van der Waals surface area (Å²) in [5, 5.41) is 9.43. The van der Waals surface area contributed by atoms with Gasteiger partial charge in [-0.1, -0.05) is 37.3 Å². The zero-order valence-electron chi connectivity index (χ0n) is 17.8. The molecule has 1 aromatic heterocycles. The Labute approximate surface area is 183 Å². The van der Waals surface area contributed by atoms with Gasteiger partial charge in [-0.15, -0.1) is 0 Å². The first-order valence-corrected chi connectivity index (χ1v) is 10.8. The van der Waals surface area contributed by atoms with Crippen molar-refractivity contribution in [1.82, 2.24) is 14.9 Å². The molecule has 1 amide bonds. The fourth-order valence-corrected chi connectivity index (χ4v) is 4.29. The number of hydrogen-bond acceptors (Lipinski definition) is 4. The smallest absolute Gasteiger partial charge is 0.223 e. The van der Waals surface area contributed by atoms with Gasteiger partial charge in [-0.3, -0.25) is 4.79 Å². The van der Waals surface area contributed by atoms with Gasteiger partial charge in [0.25, 0.3) is 0 Å². The molecule has 1 aliphatic rings. The topological polar surface area (TPSA) is 76.0 Å². The number of anilines is 1. The summed E-state index contributed by atoms with van der Waals surface area (Å²) >= 11 is 0. The molecule has 0 saturated carbocycles. The summed E-state index contributed by atoms with van der Waals surface area (Å²) in [6, 6.07) is 18.4. The monoisotopic (exact) mass is 413 g/mol. The number of imidazole rings is 1. The summed E-state index contributed by atoms with van der Waals surface area (Å²) in [5.74, 6) is 0.167. The van der Waals surface area contributed by atoms with Gasteiger partial charge in [-0.2, -0.15) is 5.26 Å². The highest BCUT2D eigenvalue weighted by atomic mass is 16.2. The zero-order chi connectivity index (χ0) is 21.6. The lowest BCUT2D eigenvalue weighted by Gasteiger charge is -2.33. The van der Waals surface area contributed by atoms with Crippen molar-refractivity contribution in [1.29, 1.82) is 5.26 Å². The highest BCUT2D eigenvalue weighted by molar-refractivity contribution is 5.77. The molecule has 1 unspecified atom stereocenters. The molecule has 0 saturated heterocycles. The van der Waals surface area contributed by atoms with Crippen LogP contribution in [0.2, 0.25) is 0 Å². The number of carbonyl (C=O) groups excluding carboxylic acids is 1. The molecule has 4 rings (SSSR count). The summed E-state index contributed by atoms with van der Waals surface area (Å²) in [4.78, 5) is 24.8. The van der Waals surface area contributed by atoms with Crippen molar-refractivity contribution < 1.29 is 4.79 Å². The second-order valence-electron chi connectivity index (χ2n) is 8.03. The lowest BCUT2D eigenvalue weighted by molar-refractivity contribution is -0.134. The largest absolute Gasteiger partial charge is 0.363 e. The van der Waals surface area contributed by atoms with Crippen LogP contribution < -0.4 is 4.90 Å². The quantitative estimate of drug-likeness (QED) is 0.662. The van der Waals surface area contributed by atoms with Crippen molar-refractivity contribution in [2.24, 2.45) is 0 Å². The number of aromatic nitrogens is 2. The molecule has 1 N–H and O–H groups in total. The number of H-pyrrole nitrogens is 1. The molecule has 1 atom stereocenters. The first-order chi connectivity index (χ1) is 15.2. The van der Waals surface area contributed by atoms with Crippen molar-refractivity contribution in [2.75, 3.05) is 11.4 Å². The number of nitriles is 1. The molecule has 0 bridgehead atoms. The van der Waals surface area contributed by atoms with E-state index in [0.717, 1.165) is 29.8 Å². The van der Waals surface area contributed by atoms with E-state index in [2.05, 4.69) is 33.1 Å². The predicted molar refractivity (Wildman–Crippen MR) is 120 cm³/mol. The fraction of sp³-hybridized carbons (Fsp3) is 0.320. The lowest BCUT2D eigenvalue weighted by Crippen LogP contribution is -2.45. The Morgan fingerprint density at radius 1 is 1.26 bits per heavy atom. The van der Waals surface area contributed by atoms with Gasteiger partial charge >= 0.3 is 0 Å². The SMILES string of the molecule is CCCC(=O)N1Cc2cc(C#N)ccc2N(Cc2cnc[nH]2)CC1Cc1ccccc1. The Balaban J connectivity index is 1.74. The molecule has 0 fully saturated rings. The Morgan fingerprint density at radius 3 is 2.81 bits per heavy atom. The van der Waals surface area contributed by atoms with Crippen molar-refractivity contribution in [3.05, 3.63) is 83.4 Å². The Kier molecular flexibility index (Phi) is 6.32. The standard InChI is InChI=1S/C25H27N5O/c1-2-6-25(31)30-15-21-11-20(13-26)9-10-24(21)29(16-22-14-27-18-28-22)17-23(30)12-19-7-4-3-5-8-19/h3-5,7-11,14,18,23H,2,6,12,15-17H2,1H3,(H,27,28). The normalized spacial score (nSPS) is 15.8. The van der Waals surface area contributed by atoms with E-state index < -0.39 is 0 Å². The number of amides is 1. The van der Waals surface area contributed by atoms with Crippen LogP contribution in [0.3, 0.4) is 0 Å². The second kappa shape index (κ2) is 9.48. The van der Waals surface area contributed by atoms with Gasteiger partial charge in [-0.25, -0.2) is 4.98 Å². The van der Waals surface area contributed by atoms with Crippen LogP contribution in [-0.4, -0.2) is 33.4 Å². The molecule has 6 heteroatoms. The first kappa shape index (κ1) is 20.7. The van der Waals surface area contributed by atoms with E-state index >= 15 is 0 Å². The number of nitrogens with one attached hydrogen (secondary N) is 1. The average Bonchev–Trinajstić information content (AvgIpc) is 3.25. The maximum atomic E-state index is 13.2. The van der Waals surface area contributed by atoms with Crippen molar-refractivity contribution >= 4 is 11.6 Å². The minimum atomic E-state index is 0.0299. The third kappa shape index (κ3) is 4.77. The fourth-order valence-electron chi connectivity index (χ4n) is 4.29. The van der Waals surface area contributed by atoms with Crippen molar-refractivity contribution in [2.45, 2.75) is 45.3 Å². The number of hydrogen-bond donors (Lipinski definition) is 1. The maximum Gasteiger partial charge on any atom is 0.223 e. The summed E-state index contributed by atoms with van der Waals surface area (Å²) in [7, 11) is 0. The molecule has 31 heavy (non-hydrogen) atoms. The van der Waals surface area contributed by atoms with Crippen LogP contribution in [0.5, 0.6) is 0 Å². The van der Waals surface area contributed by atoms with Gasteiger partial charge in [0, 0.05) is 31.4 Å². The molecule has 6 nitrogen and oxygen atoms in total.